The lowest BCUT2D eigenvalue weighted by Gasteiger charge is -2.20. The number of nitrogens with zero attached hydrogens (tertiary/aromatic N) is 1. The third-order valence-electron chi connectivity index (χ3n) is 3.98. The molecule has 0 fully saturated rings. The fourth-order valence-corrected chi connectivity index (χ4v) is 3.00. The van der Waals surface area contributed by atoms with Gasteiger partial charge in [0.25, 0.3) is 0 Å². The molecule has 1 heterocycles. The zero-order valence-electron chi connectivity index (χ0n) is 11.5. The van der Waals surface area contributed by atoms with E-state index in [-0.39, 0.29) is 0 Å². The highest BCUT2D eigenvalue weighted by molar-refractivity contribution is 6.33. The van der Waals surface area contributed by atoms with E-state index in [9.17, 15) is 0 Å². The molecule has 104 valence electrons. The Morgan fingerprint density at radius 2 is 1.65 bits per heavy atom. The van der Waals surface area contributed by atoms with Crippen molar-refractivity contribution in [3.8, 4) is 0 Å². The SMILES string of the molecule is Nc1ccc(CN2CCc3ccccc3CC2)cc1Cl. The third kappa shape index (κ3) is 2.97. The molecule has 0 amide bonds. The minimum absolute atomic E-state index is 0.652. The Morgan fingerprint density at radius 3 is 2.25 bits per heavy atom. The van der Waals surface area contributed by atoms with Gasteiger partial charge in [0.2, 0.25) is 0 Å². The Hall–Kier alpha value is -1.51. The molecule has 2 aromatic rings. The molecular formula is C17H19ClN2. The van der Waals surface area contributed by atoms with Crippen LogP contribution in [-0.4, -0.2) is 18.0 Å². The highest BCUT2D eigenvalue weighted by Gasteiger charge is 2.13. The average molecular weight is 287 g/mol. The van der Waals surface area contributed by atoms with E-state index < -0.39 is 0 Å². The summed E-state index contributed by atoms with van der Waals surface area (Å²) in [5, 5.41) is 0.653. The number of hydrogen-bond acceptors (Lipinski definition) is 2. The summed E-state index contributed by atoms with van der Waals surface area (Å²) >= 11 is 6.09. The number of fused-ring (bicyclic) bond motifs is 1. The van der Waals surface area contributed by atoms with Gasteiger partial charge in [0, 0.05) is 19.6 Å². The quantitative estimate of drug-likeness (QED) is 0.856. The van der Waals surface area contributed by atoms with Gasteiger partial charge in [0.1, 0.15) is 0 Å². The van der Waals surface area contributed by atoms with Crippen molar-refractivity contribution in [2.24, 2.45) is 0 Å². The van der Waals surface area contributed by atoms with Crippen molar-refractivity contribution < 1.29 is 0 Å². The van der Waals surface area contributed by atoms with Crippen molar-refractivity contribution in [2.75, 3.05) is 18.8 Å². The molecule has 0 saturated heterocycles. The highest BCUT2D eigenvalue weighted by atomic mass is 35.5. The van der Waals surface area contributed by atoms with E-state index >= 15 is 0 Å². The van der Waals surface area contributed by atoms with E-state index in [0.29, 0.717) is 10.7 Å². The first-order chi connectivity index (χ1) is 9.72. The first-order valence-electron chi connectivity index (χ1n) is 7.05. The number of hydrogen-bond donors (Lipinski definition) is 1. The Bertz CT molecular complexity index is 583. The van der Waals surface area contributed by atoms with Crippen LogP contribution in [0.4, 0.5) is 5.69 Å². The second-order valence-corrected chi connectivity index (χ2v) is 5.81. The van der Waals surface area contributed by atoms with Gasteiger partial charge in [0.05, 0.1) is 10.7 Å². The predicted molar refractivity (Wildman–Crippen MR) is 85.0 cm³/mol. The smallest absolute Gasteiger partial charge is 0.0638 e. The summed E-state index contributed by atoms with van der Waals surface area (Å²) in [6.45, 7) is 3.13. The normalized spacial score (nSPS) is 15.7. The van der Waals surface area contributed by atoms with Gasteiger partial charge in [-0.05, 0) is 41.7 Å². The lowest BCUT2D eigenvalue weighted by atomic mass is 10.0. The van der Waals surface area contributed by atoms with Crippen molar-refractivity contribution in [1.82, 2.24) is 4.90 Å². The number of nitrogens with two attached hydrogens (primary N) is 1. The Balaban J connectivity index is 1.69. The van der Waals surface area contributed by atoms with Gasteiger partial charge in [-0.3, -0.25) is 4.90 Å². The number of anilines is 1. The minimum Gasteiger partial charge on any atom is -0.398 e. The van der Waals surface area contributed by atoms with Gasteiger partial charge in [-0.2, -0.15) is 0 Å². The van der Waals surface area contributed by atoms with Gasteiger partial charge in [-0.15, -0.1) is 0 Å². The first-order valence-corrected chi connectivity index (χ1v) is 7.43. The van der Waals surface area contributed by atoms with E-state index in [0.717, 1.165) is 32.5 Å². The zero-order valence-corrected chi connectivity index (χ0v) is 12.2. The van der Waals surface area contributed by atoms with Crippen molar-refractivity contribution in [3.05, 3.63) is 64.2 Å². The lowest BCUT2D eigenvalue weighted by molar-refractivity contribution is 0.279. The number of rotatable bonds is 2. The molecule has 0 atom stereocenters. The summed E-state index contributed by atoms with van der Waals surface area (Å²) in [5.41, 5.74) is 10.6. The zero-order chi connectivity index (χ0) is 13.9. The standard InChI is InChI=1S/C17H19ClN2/c18-16-11-13(5-6-17(16)19)12-20-9-7-14-3-1-2-4-15(14)8-10-20/h1-6,11H,7-10,12,19H2. The Labute approximate surface area is 125 Å². The van der Waals surface area contributed by atoms with Crippen LogP contribution >= 0.6 is 11.6 Å². The summed E-state index contributed by atoms with van der Waals surface area (Å²) < 4.78 is 0. The monoisotopic (exact) mass is 286 g/mol. The van der Waals surface area contributed by atoms with Crippen molar-refractivity contribution in [3.63, 3.8) is 0 Å². The maximum Gasteiger partial charge on any atom is 0.0638 e. The maximum atomic E-state index is 6.09. The summed E-state index contributed by atoms with van der Waals surface area (Å²) in [6.07, 6.45) is 2.25. The lowest BCUT2D eigenvalue weighted by Crippen LogP contribution is -2.25. The topological polar surface area (TPSA) is 29.3 Å². The van der Waals surface area contributed by atoms with Crippen LogP contribution in [-0.2, 0) is 19.4 Å². The van der Waals surface area contributed by atoms with E-state index in [1.54, 1.807) is 0 Å². The third-order valence-corrected chi connectivity index (χ3v) is 4.31. The Kier molecular flexibility index (Phi) is 3.95. The summed E-state index contributed by atoms with van der Waals surface area (Å²) in [5.74, 6) is 0. The van der Waals surface area contributed by atoms with Gasteiger partial charge in [-0.25, -0.2) is 0 Å². The predicted octanol–water partition coefficient (Wildman–Crippen LogP) is 3.52. The number of benzene rings is 2. The molecule has 20 heavy (non-hydrogen) atoms. The van der Waals surface area contributed by atoms with Crippen molar-refractivity contribution >= 4 is 17.3 Å². The molecule has 1 aliphatic heterocycles. The molecule has 0 radical (unpaired) electrons. The molecule has 0 saturated carbocycles. The van der Waals surface area contributed by atoms with Gasteiger partial charge >= 0.3 is 0 Å². The van der Waals surface area contributed by atoms with Crippen molar-refractivity contribution in [1.29, 1.82) is 0 Å². The van der Waals surface area contributed by atoms with E-state index in [4.69, 9.17) is 17.3 Å². The van der Waals surface area contributed by atoms with Crippen LogP contribution in [0.1, 0.15) is 16.7 Å². The summed E-state index contributed by atoms with van der Waals surface area (Å²) in [7, 11) is 0. The molecule has 3 rings (SSSR count). The van der Waals surface area contributed by atoms with Crippen LogP contribution in [0.15, 0.2) is 42.5 Å². The Morgan fingerprint density at radius 1 is 1.00 bits per heavy atom. The molecule has 0 unspecified atom stereocenters. The minimum atomic E-state index is 0.652. The second kappa shape index (κ2) is 5.86. The maximum absolute atomic E-state index is 6.09. The molecule has 1 aliphatic rings. The van der Waals surface area contributed by atoms with Gasteiger partial charge in [0.15, 0.2) is 0 Å². The van der Waals surface area contributed by atoms with Crippen LogP contribution < -0.4 is 5.73 Å². The molecule has 3 heteroatoms. The van der Waals surface area contributed by atoms with Gasteiger partial charge in [-0.1, -0.05) is 41.9 Å². The van der Waals surface area contributed by atoms with Crippen LogP contribution in [0.5, 0.6) is 0 Å². The van der Waals surface area contributed by atoms with Gasteiger partial charge < -0.3 is 5.73 Å². The fraction of sp³-hybridized carbons (Fsp3) is 0.294. The number of nitrogen functional groups attached to an aromatic ring is 1. The second-order valence-electron chi connectivity index (χ2n) is 5.40. The van der Waals surface area contributed by atoms with Crippen LogP contribution in [0, 0.1) is 0 Å². The largest absolute Gasteiger partial charge is 0.398 e. The van der Waals surface area contributed by atoms with Crippen molar-refractivity contribution in [2.45, 2.75) is 19.4 Å². The molecule has 0 aliphatic carbocycles. The molecule has 2 aromatic carbocycles. The van der Waals surface area contributed by atoms with E-state index in [1.165, 1.54) is 16.7 Å². The summed E-state index contributed by atoms with van der Waals surface area (Å²) in [4.78, 5) is 2.49. The molecule has 2 N–H and O–H groups in total. The average Bonchev–Trinajstić information content (AvgIpc) is 2.66. The van der Waals surface area contributed by atoms with E-state index in [2.05, 4.69) is 35.2 Å². The molecule has 0 aromatic heterocycles. The number of halogens is 1. The van der Waals surface area contributed by atoms with E-state index in [1.807, 2.05) is 12.1 Å². The molecule has 0 spiro atoms. The van der Waals surface area contributed by atoms with Crippen LogP contribution in [0.25, 0.3) is 0 Å². The first kappa shape index (κ1) is 13.5. The summed E-state index contributed by atoms with van der Waals surface area (Å²) in [6, 6.07) is 14.7. The molecular weight excluding hydrogens is 268 g/mol. The molecule has 0 bridgehead atoms. The van der Waals surface area contributed by atoms with Crippen LogP contribution in [0.2, 0.25) is 5.02 Å². The highest BCUT2D eigenvalue weighted by Crippen LogP contribution is 2.22. The molecule has 2 nitrogen and oxygen atoms in total. The fourth-order valence-electron chi connectivity index (χ4n) is 2.80. The van der Waals surface area contributed by atoms with Crippen LogP contribution in [0.3, 0.4) is 0 Å².